The molecule has 2 aromatic heterocycles. The van der Waals surface area contributed by atoms with Gasteiger partial charge in [-0.2, -0.15) is 0 Å². The van der Waals surface area contributed by atoms with Crippen molar-refractivity contribution in [1.82, 2.24) is 20.2 Å². The number of fused-ring (bicyclic) bond motifs is 8. The Morgan fingerprint density at radius 3 is 2.19 bits per heavy atom. The molecule has 4 aliphatic heterocycles. The van der Waals surface area contributed by atoms with Crippen LogP contribution in [-0.2, 0) is 41.4 Å². The number of H-pyrrole nitrogens is 2. The zero-order chi connectivity index (χ0) is 52.8. The van der Waals surface area contributed by atoms with Crippen molar-refractivity contribution < 1.29 is 38.6 Å². The Kier molecular flexibility index (Phi) is 23.7. The summed E-state index contributed by atoms with van der Waals surface area (Å²) in [6.45, 7) is 30.4. The van der Waals surface area contributed by atoms with E-state index in [1.807, 2.05) is 25.1 Å². The predicted octanol–water partition coefficient (Wildman–Crippen LogP) is 10.4. The minimum atomic E-state index is -0.469. The molecule has 13 heteroatoms. The number of carbonyl (C=O) groups excluding carboxylic acids is 3. The van der Waals surface area contributed by atoms with Gasteiger partial charge in [-0.3, -0.25) is 19.3 Å². The van der Waals surface area contributed by atoms with Gasteiger partial charge in [0.25, 0.3) is 5.91 Å². The molecule has 4 atom stereocenters. The van der Waals surface area contributed by atoms with Crippen LogP contribution in [0.1, 0.15) is 196 Å². The minimum absolute atomic E-state index is 0. The van der Waals surface area contributed by atoms with E-state index in [1.54, 1.807) is 0 Å². The van der Waals surface area contributed by atoms with Crippen LogP contribution >= 0.6 is 0 Å². The van der Waals surface area contributed by atoms with E-state index in [-0.39, 0.29) is 66.2 Å². The number of nitrogens with one attached hydrogen (secondary N) is 3. The number of amides is 1. The average molecular weight is 1030 g/mol. The van der Waals surface area contributed by atoms with E-state index in [9.17, 15) is 14.4 Å². The Labute approximate surface area is 459 Å². The molecule has 1 amide bonds. The van der Waals surface area contributed by atoms with Crippen LogP contribution in [0.25, 0.3) is 33.3 Å². The number of aryl methyl sites for hydroxylation is 2. The first-order valence-electron chi connectivity index (χ1n) is 27.6. The zero-order valence-electron chi connectivity index (χ0n) is 47.1. The van der Waals surface area contributed by atoms with Crippen molar-refractivity contribution in [2.24, 2.45) is 17.8 Å². The first-order chi connectivity index (χ1) is 35.0. The molecule has 3 N–H and O–H groups in total. The second kappa shape index (κ2) is 29.1. The van der Waals surface area contributed by atoms with Crippen molar-refractivity contribution in [3.8, 4) is 0 Å². The van der Waals surface area contributed by atoms with E-state index in [0.29, 0.717) is 66.9 Å². The standard InChI is InChI=1S/C61H87N6O6.Mg/c1-13-46-42(8)50-35-52-44(10)48(24-25-56(68)73-31-26-41(7)23-17-22-40(6)21-16-20-39(5)19-15-18-38(3)4)59(65-52)49(34-57(69)71-12)60-58(61(70)62-27-28-67-29-32-72-33-30-67)45(11)53(66-60)37-55-47(14-2)43(9)51(64-55)36-54(46)63-50;/h13,26,35-40,44,48H,1,14-25,27-34H2,2-12H3,(H2-,62,63,64,65,66,70);/q-1;+2/p+1/b41-26+;. The number of aromatic amines is 2. The monoisotopic (exact) mass is 1020 g/mol. The molecule has 0 radical (unpaired) electrons. The van der Waals surface area contributed by atoms with Gasteiger partial charge in [0, 0.05) is 49.3 Å². The Morgan fingerprint density at radius 1 is 0.865 bits per heavy atom. The first-order valence-corrected chi connectivity index (χ1v) is 27.6. The molecule has 6 heterocycles. The Morgan fingerprint density at radius 2 is 1.53 bits per heavy atom. The number of hydrogen-bond acceptors (Lipinski definition) is 7. The number of methoxy groups -OCH3 is 1. The van der Waals surface area contributed by atoms with Gasteiger partial charge in [-0.05, 0) is 107 Å². The van der Waals surface area contributed by atoms with Crippen LogP contribution in [0.4, 0.5) is 0 Å². The van der Waals surface area contributed by atoms with E-state index in [1.165, 1.54) is 57.6 Å². The molecule has 1 saturated heterocycles. The molecular formula is C61H88MgN6O6+2. The summed E-state index contributed by atoms with van der Waals surface area (Å²) < 4.78 is 16.8. The molecule has 0 saturated carbocycles. The van der Waals surface area contributed by atoms with Crippen molar-refractivity contribution in [3.63, 3.8) is 0 Å². The quantitative estimate of drug-likeness (QED) is 0.0582. The fourth-order valence-corrected chi connectivity index (χ4v) is 11.0. The summed E-state index contributed by atoms with van der Waals surface area (Å²) in [7, 11) is 1.37. The number of nitrogens with zero attached hydrogens (tertiary/aromatic N) is 3. The molecule has 4 aliphatic rings. The summed E-state index contributed by atoms with van der Waals surface area (Å²) in [5, 5.41) is 3.20. The summed E-state index contributed by atoms with van der Waals surface area (Å²) in [5.74, 6) is 0.823. The number of carbonyl (C=O) groups is 3. The van der Waals surface area contributed by atoms with E-state index in [2.05, 4.69) is 101 Å². The fourth-order valence-electron chi connectivity index (χ4n) is 11.0. The number of morpholine rings is 1. The Balaban J connectivity index is 0.0000101. The molecule has 6 rings (SSSR count). The third kappa shape index (κ3) is 16.0. The number of aromatic nitrogens is 4. The number of allylic oxidation sites excluding steroid dienone is 5. The normalized spacial score (nSPS) is 17.5. The number of esters is 2. The van der Waals surface area contributed by atoms with E-state index in [4.69, 9.17) is 24.2 Å². The van der Waals surface area contributed by atoms with Gasteiger partial charge in [0.05, 0.1) is 32.3 Å². The number of ether oxygens (including phenoxy) is 3. The molecule has 12 nitrogen and oxygen atoms in total. The van der Waals surface area contributed by atoms with Gasteiger partial charge in [0.15, 0.2) is 0 Å². The van der Waals surface area contributed by atoms with Gasteiger partial charge in [-0.1, -0.05) is 116 Å². The number of hydrogen-bond donors (Lipinski definition) is 1. The predicted molar refractivity (Wildman–Crippen MR) is 299 cm³/mol. The van der Waals surface area contributed by atoms with Crippen LogP contribution in [-0.4, -0.2) is 98.9 Å². The Hall–Kier alpha value is -4.56. The smallest absolute Gasteiger partial charge is 0.664 e. The maximum Gasteiger partial charge on any atom is 2.00 e. The second-order valence-electron chi connectivity index (χ2n) is 21.8. The topological polar surface area (TPSA) is 151 Å². The summed E-state index contributed by atoms with van der Waals surface area (Å²) in [5.41, 5.74) is 13.2. The molecular weight excluding hydrogens is 937 g/mol. The van der Waals surface area contributed by atoms with Crippen LogP contribution in [0.3, 0.4) is 0 Å². The summed E-state index contributed by atoms with van der Waals surface area (Å²) in [4.78, 5) is 62.1. The van der Waals surface area contributed by atoms with Crippen LogP contribution in [0.2, 0.25) is 0 Å². The summed E-state index contributed by atoms with van der Waals surface area (Å²) in [6.07, 6.45) is 16.3. The summed E-state index contributed by atoms with van der Waals surface area (Å²) in [6, 6.07) is 6.17. The fraction of sp³-hybridized carbons (Fsp3) is 0.590. The molecule has 0 aromatic carbocycles. The molecule has 2 aromatic rings. The minimum Gasteiger partial charge on any atom is -0.664 e. The average Bonchev–Trinajstić information content (AvgIpc) is 4.05. The summed E-state index contributed by atoms with van der Waals surface area (Å²) >= 11 is 0. The van der Waals surface area contributed by atoms with Crippen LogP contribution < -0.4 is 25.3 Å². The van der Waals surface area contributed by atoms with Crippen molar-refractivity contribution >= 4 is 74.2 Å². The van der Waals surface area contributed by atoms with Gasteiger partial charge in [0.1, 0.15) is 12.2 Å². The largest absolute Gasteiger partial charge is 2.00 e. The molecule has 1 fully saturated rings. The van der Waals surface area contributed by atoms with E-state index in [0.717, 1.165) is 100 Å². The molecule has 8 bridgehead atoms. The SMILES string of the molecule is C=CC1=C(C)c2cc3[n-]c(c(CC(=O)OC)c4[nH+]c(cc5[n-]c(cc1[nH+]2)c(C)c5CC)C(C)=C4C(=O)NCCN1CCOCC1)C(CCC(=O)OC/C=C(\C)CCCC(C)CCCC(C)CCCC(C)C)C3C.[Mg+2]. The van der Waals surface area contributed by atoms with E-state index < -0.39 is 5.97 Å². The van der Waals surface area contributed by atoms with Crippen molar-refractivity contribution in [2.75, 3.05) is 53.1 Å². The van der Waals surface area contributed by atoms with E-state index >= 15 is 0 Å². The van der Waals surface area contributed by atoms with Gasteiger partial charge in [0.2, 0.25) is 22.8 Å². The molecule has 398 valence electrons. The molecule has 0 spiro atoms. The Bertz CT molecular complexity index is 2600. The maximum absolute atomic E-state index is 14.7. The van der Waals surface area contributed by atoms with Crippen LogP contribution in [0.5, 0.6) is 0 Å². The van der Waals surface area contributed by atoms with Crippen molar-refractivity contribution in [3.05, 3.63) is 93.4 Å². The number of rotatable bonds is 25. The van der Waals surface area contributed by atoms with Crippen molar-refractivity contribution in [1.29, 1.82) is 0 Å². The van der Waals surface area contributed by atoms with Crippen LogP contribution in [0.15, 0.2) is 42.5 Å². The second-order valence-corrected chi connectivity index (χ2v) is 21.8. The molecule has 0 aliphatic carbocycles. The third-order valence-corrected chi connectivity index (χ3v) is 15.8. The van der Waals surface area contributed by atoms with Crippen LogP contribution in [0, 0.1) is 24.7 Å². The third-order valence-electron chi connectivity index (χ3n) is 15.8. The van der Waals surface area contributed by atoms with Gasteiger partial charge < -0.3 is 29.5 Å². The molecule has 74 heavy (non-hydrogen) atoms. The van der Waals surface area contributed by atoms with Gasteiger partial charge >= 0.3 is 35.0 Å². The van der Waals surface area contributed by atoms with Crippen molar-refractivity contribution in [2.45, 2.75) is 165 Å². The zero-order valence-corrected chi connectivity index (χ0v) is 48.5. The van der Waals surface area contributed by atoms with Gasteiger partial charge in [-0.25, -0.2) is 9.97 Å². The first kappa shape index (κ1) is 60.3. The van der Waals surface area contributed by atoms with Gasteiger partial charge in [-0.15, -0.1) is 22.4 Å². The molecule has 4 unspecified atom stereocenters. The maximum atomic E-state index is 14.7.